The van der Waals surface area contributed by atoms with Gasteiger partial charge < -0.3 is 15.5 Å². The number of nitrogens with zero attached hydrogens (tertiary/aromatic N) is 1. The van der Waals surface area contributed by atoms with Gasteiger partial charge in [-0.05, 0) is 12.3 Å². The first kappa shape index (κ1) is 10.8. The lowest BCUT2D eigenvalue weighted by Crippen LogP contribution is -2.57. The average molecular weight is 209 g/mol. The van der Waals surface area contributed by atoms with E-state index in [0.29, 0.717) is 12.0 Å². The molecule has 2 rings (SSSR count). The normalized spacial score (nSPS) is 26.7. The molecule has 2 aliphatic heterocycles. The SMILES string of the molecule is CCC1=C(C(C)C)NCC2CNCCN12. The molecule has 86 valence electrons. The Kier molecular flexibility index (Phi) is 3.19. The first-order chi connectivity index (χ1) is 7.24. The van der Waals surface area contributed by atoms with Gasteiger partial charge in [0.15, 0.2) is 0 Å². The number of hydrogen-bond donors (Lipinski definition) is 2. The fraction of sp³-hybridized carbons (Fsp3) is 0.833. The van der Waals surface area contributed by atoms with Crippen LogP contribution in [0.1, 0.15) is 27.2 Å². The summed E-state index contributed by atoms with van der Waals surface area (Å²) in [6.07, 6.45) is 1.15. The maximum absolute atomic E-state index is 3.62. The van der Waals surface area contributed by atoms with E-state index in [1.165, 1.54) is 12.2 Å². The van der Waals surface area contributed by atoms with Crippen LogP contribution in [0.2, 0.25) is 0 Å². The highest BCUT2D eigenvalue weighted by atomic mass is 15.3. The molecule has 0 aliphatic carbocycles. The molecule has 1 unspecified atom stereocenters. The Morgan fingerprint density at radius 1 is 1.40 bits per heavy atom. The van der Waals surface area contributed by atoms with Gasteiger partial charge in [-0.3, -0.25) is 0 Å². The second-order valence-corrected chi connectivity index (χ2v) is 4.80. The number of fused-ring (bicyclic) bond motifs is 1. The second kappa shape index (κ2) is 4.44. The van der Waals surface area contributed by atoms with E-state index in [4.69, 9.17) is 0 Å². The predicted molar refractivity (Wildman–Crippen MR) is 63.5 cm³/mol. The standard InChI is InChI=1S/C12H23N3/c1-4-11-12(9(2)3)14-8-10-7-13-5-6-15(10)11/h9-10,13-14H,4-8H2,1-3H3. The van der Waals surface area contributed by atoms with E-state index in [0.717, 1.165) is 26.1 Å². The van der Waals surface area contributed by atoms with Crippen LogP contribution in [-0.4, -0.2) is 37.1 Å². The van der Waals surface area contributed by atoms with Crippen molar-refractivity contribution in [2.24, 2.45) is 5.92 Å². The molecule has 3 heteroatoms. The van der Waals surface area contributed by atoms with Gasteiger partial charge in [-0.15, -0.1) is 0 Å². The maximum atomic E-state index is 3.62. The van der Waals surface area contributed by atoms with E-state index in [1.807, 2.05) is 0 Å². The van der Waals surface area contributed by atoms with Crippen molar-refractivity contribution < 1.29 is 0 Å². The third-order valence-electron chi connectivity index (χ3n) is 3.45. The molecule has 2 N–H and O–H groups in total. The Bertz CT molecular complexity index is 258. The van der Waals surface area contributed by atoms with Crippen molar-refractivity contribution in [3.05, 3.63) is 11.4 Å². The van der Waals surface area contributed by atoms with Gasteiger partial charge in [0.05, 0.1) is 6.04 Å². The van der Waals surface area contributed by atoms with Crippen molar-refractivity contribution >= 4 is 0 Å². The molecule has 0 amide bonds. The lowest BCUT2D eigenvalue weighted by Gasteiger charge is -2.45. The summed E-state index contributed by atoms with van der Waals surface area (Å²) in [5, 5.41) is 7.09. The van der Waals surface area contributed by atoms with Crippen molar-refractivity contribution in [2.45, 2.75) is 33.2 Å². The summed E-state index contributed by atoms with van der Waals surface area (Å²) in [6, 6.07) is 0.663. The van der Waals surface area contributed by atoms with Crippen molar-refractivity contribution in [2.75, 3.05) is 26.2 Å². The summed E-state index contributed by atoms with van der Waals surface area (Å²) in [5.74, 6) is 0.621. The molecule has 0 bridgehead atoms. The minimum Gasteiger partial charge on any atom is -0.385 e. The van der Waals surface area contributed by atoms with Gasteiger partial charge in [0, 0.05) is 37.6 Å². The molecule has 1 saturated heterocycles. The van der Waals surface area contributed by atoms with E-state index >= 15 is 0 Å². The molecule has 0 aromatic heterocycles. The van der Waals surface area contributed by atoms with E-state index in [-0.39, 0.29) is 0 Å². The Hall–Kier alpha value is -0.700. The smallest absolute Gasteiger partial charge is 0.0585 e. The first-order valence-corrected chi connectivity index (χ1v) is 6.18. The fourth-order valence-corrected chi connectivity index (χ4v) is 2.71. The highest BCUT2D eigenvalue weighted by Gasteiger charge is 2.29. The van der Waals surface area contributed by atoms with Gasteiger partial charge in [-0.25, -0.2) is 0 Å². The van der Waals surface area contributed by atoms with Crippen molar-refractivity contribution in [1.82, 2.24) is 15.5 Å². The van der Waals surface area contributed by atoms with Crippen molar-refractivity contribution in [3.63, 3.8) is 0 Å². The third kappa shape index (κ3) is 1.98. The highest BCUT2D eigenvalue weighted by Crippen LogP contribution is 2.25. The minimum atomic E-state index is 0.621. The molecule has 0 aromatic rings. The van der Waals surface area contributed by atoms with Crippen LogP contribution in [0.15, 0.2) is 11.4 Å². The third-order valence-corrected chi connectivity index (χ3v) is 3.45. The number of rotatable bonds is 2. The zero-order valence-electron chi connectivity index (χ0n) is 10.1. The molecular weight excluding hydrogens is 186 g/mol. The Labute approximate surface area is 92.9 Å². The molecule has 2 heterocycles. The molecular formula is C12H23N3. The summed E-state index contributed by atoms with van der Waals surface area (Å²) < 4.78 is 0. The summed E-state index contributed by atoms with van der Waals surface area (Å²) >= 11 is 0. The van der Waals surface area contributed by atoms with Crippen LogP contribution in [0.3, 0.4) is 0 Å². The Morgan fingerprint density at radius 3 is 2.87 bits per heavy atom. The summed E-state index contributed by atoms with van der Waals surface area (Å²) in [4.78, 5) is 2.61. The van der Waals surface area contributed by atoms with E-state index in [2.05, 4.69) is 36.3 Å². The Morgan fingerprint density at radius 2 is 2.20 bits per heavy atom. The van der Waals surface area contributed by atoms with Crippen LogP contribution >= 0.6 is 0 Å². The van der Waals surface area contributed by atoms with Crippen molar-refractivity contribution in [3.8, 4) is 0 Å². The molecule has 15 heavy (non-hydrogen) atoms. The van der Waals surface area contributed by atoms with E-state index < -0.39 is 0 Å². The van der Waals surface area contributed by atoms with Crippen LogP contribution in [0.4, 0.5) is 0 Å². The van der Waals surface area contributed by atoms with Crippen molar-refractivity contribution in [1.29, 1.82) is 0 Å². The number of piperazine rings is 1. The van der Waals surface area contributed by atoms with Gasteiger partial charge >= 0.3 is 0 Å². The van der Waals surface area contributed by atoms with Gasteiger partial charge in [0.25, 0.3) is 0 Å². The van der Waals surface area contributed by atoms with Crippen LogP contribution < -0.4 is 10.6 Å². The number of nitrogens with one attached hydrogen (secondary N) is 2. The number of allylic oxidation sites excluding steroid dienone is 2. The molecule has 0 spiro atoms. The summed E-state index contributed by atoms with van der Waals surface area (Å²) in [5.41, 5.74) is 3.01. The topological polar surface area (TPSA) is 27.3 Å². The van der Waals surface area contributed by atoms with Gasteiger partial charge in [0.2, 0.25) is 0 Å². The summed E-state index contributed by atoms with van der Waals surface area (Å²) in [7, 11) is 0. The summed E-state index contributed by atoms with van der Waals surface area (Å²) in [6.45, 7) is 11.4. The highest BCUT2D eigenvalue weighted by molar-refractivity contribution is 5.19. The van der Waals surface area contributed by atoms with E-state index in [9.17, 15) is 0 Å². The maximum Gasteiger partial charge on any atom is 0.0585 e. The quantitative estimate of drug-likeness (QED) is 0.714. The van der Waals surface area contributed by atoms with Gasteiger partial charge in [0.1, 0.15) is 0 Å². The molecule has 0 radical (unpaired) electrons. The zero-order valence-corrected chi connectivity index (χ0v) is 10.1. The lowest BCUT2D eigenvalue weighted by molar-refractivity contribution is 0.179. The Balaban J connectivity index is 2.24. The van der Waals surface area contributed by atoms with Gasteiger partial charge in [-0.2, -0.15) is 0 Å². The molecule has 1 fully saturated rings. The van der Waals surface area contributed by atoms with Crippen LogP contribution in [0, 0.1) is 5.92 Å². The van der Waals surface area contributed by atoms with Gasteiger partial charge in [-0.1, -0.05) is 20.8 Å². The molecule has 2 aliphatic rings. The fourth-order valence-electron chi connectivity index (χ4n) is 2.71. The van der Waals surface area contributed by atoms with Crippen LogP contribution in [0.5, 0.6) is 0 Å². The predicted octanol–water partition coefficient (Wildman–Crippen LogP) is 1.14. The largest absolute Gasteiger partial charge is 0.385 e. The molecule has 0 saturated carbocycles. The monoisotopic (exact) mass is 209 g/mol. The lowest BCUT2D eigenvalue weighted by atomic mass is 10.00. The number of hydrogen-bond acceptors (Lipinski definition) is 3. The first-order valence-electron chi connectivity index (χ1n) is 6.18. The molecule has 0 aromatic carbocycles. The average Bonchev–Trinajstić information content (AvgIpc) is 2.27. The minimum absolute atomic E-state index is 0.621. The van der Waals surface area contributed by atoms with Crippen LogP contribution in [-0.2, 0) is 0 Å². The zero-order chi connectivity index (χ0) is 10.8. The molecule has 1 atom stereocenters. The second-order valence-electron chi connectivity index (χ2n) is 4.80. The molecule has 3 nitrogen and oxygen atoms in total. The van der Waals surface area contributed by atoms with E-state index in [1.54, 1.807) is 5.70 Å². The van der Waals surface area contributed by atoms with Crippen LogP contribution in [0.25, 0.3) is 0 Å².